The summed E-state index contributed by atoms with van der Waals surface area (Å²) in [6.07, 6.45) is 8.50. The molecule has 1 aromatic rings. The van der Waals surface area contributed by atoms with Gasteiger partial charge in [-0.05, 0) is 85.0 Å². The average Bonchev–Trinajstić information content (AvgIpc) is 3.02. The minimum Gasteiger partial charge on any atom is -0.497 e. The summed E-state index contributed by atoms with van der Waals surface area (Å²) in [5.41, 5.74) is 2.60. The Hall–Kier alpha value is -1.90. The molecule has 3 nitrogen and oxygen atoms in total. The van der Waals surface area contributed by atoms with Crippen LogP contribution in [0, 0.1) is 28.6 Å². The number of hydrogen-bond donors (Lipinski definition) is 0. The Labute approximate surface area is 173 Å². The van der Waals surface area contributed by atoms with Gasteiger partial charge in [0.05, 0.1) is 7.11 Å². The summed E-state index contributed by atoms with van der Waals surface area (Å²) in [4.78, 5) is 25.2. The molecule has 0 saturated heterocycles. The number of methoxy groups -OCH3 is 1. The van der Waals surface area contributed by atoms with Crippen molar-refractivity contribution >= 4 is 11.6 Å². The van der Waals surface area contributed by atoms with Gasteiger partial charge in [0.25, 0.3) is 0 Å². The van der Waals surface area contributed by atoms with Crippen LogP contribution in [0.5, 0.6) is 5.75 Å². The van der Waals surface area contributed by atoms with E-state index in [0.29, 0.717) is 41.7 Å². The van der Waals surface area contributed by atoms with Crippen LogP contribution in [0.2, 0.25) is 0 Å². The Balaban J connectivity index is 1.63. The molecule has 3 fully saturated rings. The second-order valence-electron chi connectivity index (χ2n) is 10.4. The predicted molar refractivity (Wildman–Crippen MR) is 113 cm³/mol. The van der Waals surface area contributed by atoms with E-state index in [2.05, 4.69) is 38.1 Å². The van der Waals surface area contributed by atoms with E-state index in [1.165, 1.54) is 11.1 Å². The monoisotopic (exact) mass is 392 g/mol. The molecule has 6 atom stereocenters. The first-order valence-corrected chi connectivity index (χ1v) is 11.3. The Bertz CT molecular complexity index is 882. The van der Waals surface area contributed by atoms with Crippen LogP contribution in [0.4, 0.5) is 0 Å². The quantitative estimate of drug-likeness (QED) is 0.668. The number of benzene rings is 1. The van der Waals surface area contributed by atoms with E-state index in [1.54, 1.807) is 7.11 Å². The molecule has 0 aromatic heterocycles. The maximum Gasteiger partial charge on any atom is 0.155 e. The largest absolute Gasteiger partial charge is 0.497 e. The summed E-state index contributed by atoms with van der Waals surface area (Å²) in [5, 5.41) is 0. The van der Waals surface area contributed by atoms with Crippen molar-refractivity contribution in [2.24, 2.45) is 28.6 Å². The Morgan fingerprint density at radius 3 is 2.45 bits per heavy atom. The molecule has 0 N–H and O–H groups in total. The third-order valence-electron chi connectivity index (χ3n) is 9.18. The van der Waals surface area contributed by atoms with Gasteiger partial charge in [-0.15, -0.1) is 0 Å². The van der Waals surface area contributed by atoms with E-state index >= 15 is 0 Å². The van der Waals surface area contributed by atoms with Gasteiger partial charge in [-0.25, -0.2) is 0 Å². The molecule has 154 valence electrons. The average molecular weight is 393 g/mol. The Morgan fingerprint density at radius 2 is 1.72 bits per heavy atom. The number of carbonyl (C=O) groups is 2. The minimum absolute atomic E-state index is 0.0778. The van der Waals surface area contributed by atoms with Crippen molar-refractivity contribution in [1.29, 1.82) is 0 Å². The summed E-state index contributed by atoms with van der Waals surface area (Å²) < 4.78 is 5.39. The molecule has 0 amide bonds. The fourth-order valence-electron chi connectivity index (χ4n) is 7.69. The molecule has 3 saturated carbocycles. The molecule has 0 heterocycles. The normalized spacial score (nSPS) is 41.3. The topological polar surface area (TPSA) is 43.4 Å². The number of hydrogen-bond acceptors (Lipinski definition) is 3. The van der Waals surface area contributed by atoms with E-state index in [4.69, 9.17) is 4.74 Å². The molecule has 0 bridgehead atoms. The molecule has 1 aromatic carbocycles. The first-order chi connectivity index (χ1) is 13.9. The number of ether oxygens (including phenoxy) is 1. The number of Topliss-reactive ketones (excluding diaryl/α,β-unsaturated/α-hetero) is 1. The Morgan fingerprint density at radius 1 is 0.966 bits per heavy atom. The Kier molecular flexibility index (Phi) is 4.31. The lowest BCUT2D eigenvalue weighted by molar-refractivity contribution is -0.134. The van der Waals surface area contributed by atoms with E-state index in [-0.39, 0.29) is 10.8 Å². The van der Waals surface area contributed by atoms with Gasteiger partial charge in [0.1, 0.15) is 11.5 Å². The summed E-state index contributed by atoms with van der Waals surface area (Å²) in [6, 6.07) is 8.53. The van der Waals surface area contributed by atoms with Crippen LogP contribution in [-0.4, -0.2) is 18.7 Å². The van der Waals surface area contributed by atoms with Crippen LogP contribution in [-0.2, 0) is 9.59 Å². The van der Waals surface area contributed by atoms with Gasteiger partial charge in [-0.1, -0.05) is 31.6 Å². The molecule has 0 aliphatic heterocycles. The van der Waals surface area contributed by atoms with Crippen LogP contribution in [0.25, 0.3) is 0 Å². The van der Waals surface area contributed by atoms with E-state index in [9.17, 15) is 9.59 Å². The molecule has 3 heteroatoms. The van der Waals surface area contributed by atoms with Gasteiger partial charge in [0, 0.05) is 18.3 Å². The predicted octanol–water partition coefficient (Wildman–Crippen LogP) is 5.49. The molecule has 29 heavy (non-hydrogen) atoms. The third-order valence-corrected chi connectivity index (χ3v) is 9.18. The summed E-state index contributed by atoms with van der Waals surface area (Å²) in [6.45, 7) is 4.66. The standard InChI is InChI=1S/C26H32O3/c1-25-13-12-18(27)14-17(25)6-9-20-22-10-11-23(28)26(22,2)15-21(24(20)25)16-4-7-19(29-3)8-5-16/h4-5,7-8,14,20-22,24H,6,9-13,15H2,1-3H3/t20-,21?,22?,24?,25-,26-/m0/s1. The van der Waals surface area contributed by atoms with Gasteiger partial charge in [0.2, 0.25) is 0 Å². The number of fused-ring (bicyclic) bond motifs is 5. The zero-order valence-corrected chi connectivity index (χ0v) is 17.9. The number of allylic oxidation sites excluding steroid dienone is 1. The molecule has 5 rings (SSSR count). The van der Waals surface area contributed by atoms with Gasteiger partial charge in [0.15, 0.2) is 5.78 Å². The van der Waals surface area contributed by atoms with Crippen molar-refractivity contribution in [3.05, 3.63) is 41.5 Å². The lowest BCUT2D eigenvalue weighted by Crippen LogP contribution is -2.53. The molecule has 0 spiro atoms. The SMILES string of the molecule is COc1ccc(C2C[C@]3(C)C(=O)CCC3[C@@H]3CCC4=CC(=O)CC[C@]4(C)C23)cc1. The van der Waals surface area contributed by atoms with Crippen molar-refractivity contribution in [3.8, 4) is 5.75 Å². The lowest BCUT2D eigenvalue weighted by Gasteiger charge is -2.60. The highest BCUT2D eigenvalue weighted by Gasteiger charge is 2.62. The number of rotatable bonds is 2. The van der Waals surface area contributed by atoms with Crippen molar-refractivity contribution in [1.82, 2.24) is 0 Å². The molecular formula is C26H32O3. The molecule has 0 radical (unpaired) electrons. The fourth-order valence-corrected chi connectivity index (χ4v) is 7.69. The fraction of sp³-hybridized carbons (Fsp3) is 0.615. The second kappa shape index (κ2) is 6.55. The summed E-state index contributed by atoms with van der Waals surface area (Å²) in [5.74, 6) is 3.59. The minimum atomic E-state index is -0.187. The molecule has 4 aliphatic carbocycles. The van der Waals surface area contributed by atoms with Crippen molar-refractivity contribution < 1.29 is 14.3 Å². The molecule has 3 unspecified atom stereocenters. The van der Waals surface area contributed by atoms with Crippen molar-refractivity contribution in [2.45, 2.75) is 64.7 Å². The van der Waals surface area contributed by atoms with Crippen LogP contribution >= 0.6 is 0 Å². The van der Waals surface area contributed by atoms with Gasteiger partial charge >= 0.3 is 0 Å². The van der Waals surface area contributed by atoms with E-state index in [1.807, 2.05) is 6.08 Å². The van der Waals surface area contributed by atoms with Crippen molar-refractivity contribution in [2.75, 3.05) is 7.11 Å². The first kappa shape index (κ1) is 19.1. The first-order valence-electron chi connectivity index (χ1n) is 11.3. The van der Waals surface area contributed by atoms with Gasteiger partial charge in [-0.3, -0.25) is 9.59 Å². The maximum absolute atomic E-state index is 13.0. The van der Waals surface area contributed by atoms with Crippen LogP contribution < -0.4 is 4.74 Å². The zero-order chi connectivity index (χ0) is 20.4. The smallest absolute Gasteiger partial charge is 0.155 e. The third kappa shape index (κ3) is 2.69. The van der Waals surface area contributed by atoms with Crippen LogP contribution in [0.1, 0.15) is 70.3 Å². The zero-order valence-electron chi connectivity index (χ0n) is 17.9. The van der Waals surface area contributed by atoms with Gasteiger partial charge in [-0.2, -0.15) is 0 Å². The van der Waals surface area contributed by atoms with Crippen molar-refractivity contribution in [3.63, 3.8) is 0 Å². The number of carbonyl (C=O) groups excluding carboxylic acids is 2. The van der Waals surface area contributed by atoms with Crippen LogP contribution in [0.15, 0.2) is 35.9 Å². The van der Waals surface area contributed by atoms with Crippen LogP contribution in [0.3, 0.4) is 0 Å². The molecule has 4 aliphatic rings. The maximum atomic E-state index is 13.0. The second-order valence-corrected chi connectivity index (χ2v) is 10.4. The van der Waals surface area contributed by atoms with E-state index < -0.39 is 0 Å². The highest BCUT2D eigenvalue weighted by Crippen LogP contribution is 2.68. The van der Waals surface area contributed by atoms with Gasteiger partial charge < -0.3 is 4.74 Å². The summed E-state index contributed by atoms with van der Waals surface area (Å²) in [7, 11) is 1.70. The highest BCUT2D eigenvalue weighted by molar-refractivity contribution is 5.91. The summed E-state index contributed by atoms with van der Waals surface area (Å²) >= 11 is 0. The van der Waals surface area contributed by atoms with E-state index in [0.717, 1.165) is 44.3 Å². The molecular weight excluding hydrogens is 360 g/mol. The lowest BCUT2D eigenvalue weighted by atomic mass is 9.44. The number of ketones is 2. The highest BCUT2D eigenvalue weighted by atomic mass is 16.5.